The first-order chi connectivity index (χ1) is 17.5. The lowest BCUT2D eigenvalue weighted by Gasteiger charge is -2.33. The molecule has 13 heteroatoms. The number of rotatable bonds is 8. The van der Waals surface area contributed by atoms with E-state index in [2.05, 4.69) is 10.3 Å². The number of nitrogens with zero attached hydrogens (tertiary/aromatic N) is 2. The number of ether oxygens (including phenoxy) is 1. The molecule has 0 aliphatic carbocycles. The van der Waals surface area contributed by atoms with Crippen LogP contribution in [0.25, 0.3) is 10.4 Å². The number of benzene rings is 1. The van der Waals surface area contributed by atoms with Crippen molar-refractivity contribution in [2.24, 2.45) is 0 Å². The van der Waals surface area contributed by atoms with Crippen molar-refractivity contribution in [3.63, 3.8) is 0 Å². The molecule has 1 aliphatic rings. The molecule has 1 saturated heterocycles. The number of aromatic carboxylic acids is 1. The zero-order valence-corrected chi connectivity index (χ0v) is 20.7. The molecule has 3 heterocycles. The number of aliphatic carboxylic acids is 1. The van der Waals surface area contributed by atoms with Crippen LogP contribution in [0.3, 0.4) is 0 Å². The maximum absolute atomic E-state index is 12.8. The number of alkyl halides is 3. The van der Waals surface area contributed by atoms with Gasteiger partial charge in [0.15, 0.2) is 17.2 Å². The fourth-order valence-electron chi connectivity index (χ4n) is 3.96. The number of thiophene rings is 1. The van der Waals surface area contributed by atoms with Crippen LogP contribution in [0.4, 0.5) is 24.7 Å². The van der Waals surface area contributed by atoms with E-state index in [4.69, 9.17) is 21.4 Å². The number of carboxylic acids is 2. The molecule has 0 bridgehead atoms. The number of halogens is 4. The molecular weight excluding hydrogens is 535 g/mol. The largest absolute Gasteiger partial charge is 0.479 e. The topological polar surface area (TPSA) is 112 Å². The normalized spacial score (nSPS) is 14.4. The molecule has 2 aromatic heterocycles. The highest BCUT2D eigenvalue weighted by Crippen LogP contribution is 2.46. The smallest absolute Gasteiger partial charge is 0.417 e. The van der Waals surface area contributed by atoms with E-state index >= 15 is 0 Å². The standard InChI is InChI=1S/C24H21ClF3N3O5S/c25-19-20(36-12-18(32)33)22(23(34)35)37-21(19)13-2-1-3-16(10-13)30-15-6-8-31(9-7-15)17-5-4-14(11-29-17)24(26,27)28/h1-5,10-11,15,30H,6-9,12H2,(H,32,33)(H,34,35). The Labute approximate surface area is 218 Å². The van der Waals surface area contributed by atoms with E-state index < -0.39 is 30.3 Å². The summed E-state index contributed by atoms with van der Waals surface area (Å²) in [5.74, 6) is -2.22. The lowest BCUT2D eigenvalue weighted by molar-refractivity contribution is -0.139. The van der Waals surface area contributed by atoms with E-state index in [0.29, 0.717) is 29.3 Å². The first kappa shape index (κ1) is 26.6. The van der Waals surface area contributed by atoms with Crippen molar-refractivity contribution < 1.29 is 37.7 Å². The number of piperidine rings is 1. The van der Waals surface area contributed by atoms with E-state index in [0.717, 1.165) is 42.1 Å². The van der Waals surface area contributed by atoms with Crippen LogP contribution in [0.2, 0.25) is 5.02 Å². The Bertz CT molecular complexity index is 1290. The molecule has 0 atom stereocenters. The summed E-state index contributed by atoms with van der Waals surface area (Å²) in [6.07, 6.45) is -2.13. The fraction of sp³-hybridized carbons (Fsp3) is 0.292. The Morgan fingerprint density at radius 1 is 1.19 bits per heavy atom. The van der Waals surface area contributed by atoms with Crippen LogP contribution < -0.4 is 15.0 Å². The number of nitrogens with one attached hydrogen (secondary N) is 1. The van der Waals surface area contributed by atoms with Crippen molar-refractivity contribution in [1.29, 1.82) is 0 Å². The van der Waals surface area contributed by atoms with Gasteiger partial charge in [0.2, 0.25) is 0 Å². The molecule has 1 aliphatic heterocycles. The SMILES string of the molecule is O=C(O)COc1c(C(=O)O)sc(-c2cccc(NC3CCN(c4ccc(C(F)(F)F)cn4)CC3)c2)c1Cl. The van der Waals surface area contributed by atoms with E-state index in [1.807, 2.05) is 17.0 Å². The molecule has 3 aromatic rings. The third kappa shape index (κ3) is 6.25. The van der Waals surface area contributed by atoms with Gasteiger partial charge in [0.25, 0.3) is 0 Å². The Morgan fingerprint density at radius 3 is 2.51 bits per heavy atom. The van der Waals surface area contributed by atoms with E-state index in [9.17, 15) is 27.9 Å². The number of pyridine rings is 1. The van der Waals surface area contributed by atoms with Gasteiger partial charge in [-0.2, -0.15) is 13.2 Å². The molecule has 1 aromatic carbocycles. The summed E-state index contributed by atoms with van der Waals surface area (Å²) in [5, 5.41) is 21.8. The summed E-state index contributed by atoms with van der Waals surface area (Å²) in [7, 11) is 0. The molecule has 8 nitrogen and oxygen atoms in total. The van der Waals surface area contributed by atoms with Crippen LogP contribution in [0.1, 0.15) is 28.1 Å². The summed E-state index contributed by atoms with van der Waals surface area (Å²) < 4.78 is 43.5. The number of carboxylic acid groups (broad SMARTS) is 2. The Balaban J connectivity index is 1.43. The van der Waals surface area contributed by atoms with Crippen molar-refractivity contribution in [2.45, 2.75) is 25.1 Å². The monoisotopic (exact) mass is 555 g/mol. The predicted molar refractivity (Wildman–Crippen MR) is 133 cm³/mol. The highest BCUT2D eigenvalue weighted by Gasteiger charge is 2.31. The molecule has 0 spiro atoms. The zero-order chi connectivity index (χ0) is 26.7. The number of aromatic nitrogens is 1. The van der Waals surface area contributed by atoms with Crippen molar-refractivity contribution in [1.82, 2.24) is 4.98 Å². The maximum Gasteiger partial charge on any atom is 0.417 e. The van der Waals surface area contributed by atoms with Gasteiger partial charge in [-0.3, -0.25) is 0 Å². The average molecular weight is 556 g/mol. The predicted octanol–water partition coefficient (Wildman–Crippen LogP) is 5.72. The van der Waals surface area contributed by atoms with Crippen LogP contribution in [-0.4, -0.2) is 52.9 Å². The van der Waals surface area contributed by atoms with Gasteiger partial charge in [-0.05, 0) is 42.7 Å². The molecule has 0 radical (unpaired) electrons. The summed E-state index contributed by atoms with van der Waals surface area (Å²) in [6.45, 7) is 0.496. The molecule has 0 unspecified atom stereocenters. The second-order valence-electron chi connectivity index (χ2n) is 8.28. The first-order valence-electron chi connectivity index (χ1n) is 11.1. The van der Waals surface area contributed by atoms with Gasteiger partial charge in [-0.25, -0.2) is 14.6 Å². The summed E-state index contributed by atoms with van der Waals surface area (Å²) in [5.41, 5.74) is 0.631. The van der Waals surface area contributed by atoms with Crippen LogP contribution in [0.15, 0.2) is 42.6 Å². The molecule has 37 heavy (non-hydrogen) atoms. The van der Waals surface area contributed by atoms with Crippen LogP contribution in [0, 0.1) is 0 Å². The third-order valence-corrected chi connectivity index (χ3v) is 7.41. The van der Waals surface area contributed by atoms with Crippen molar-refractivity contribution in [3.05, 3.63) is 58.1 Å². The van der Waals surface area contributed by atoms with Crippen LogP contribution >= 0.6 is 22.9 Å². The van der Waals surface area contributed by atoms with Gasteiger partial charge in [0.05, 0.1) is 10.4 Å². The number of hydrogen-bond donors (Lipinski definition) is 3. The average Bonchev–Trinajstić information content (AvgIpc) is 3.19. The second-order valence-corrected chi connectivity index (χ2v) is 9.68. The minimum Gasteiger partial charge on any atom is -0.479 e. The Kier molecular flexibility index (Phi) is 7.79. The minimum absolute atomic E-state index is 0.0261. The zero-order valence-electron chi connectivity index (χ0n) is 19.1. The second kappa shape index (κ2) is 10.9. The Morgan fingerprint density at radius 2 is 1.92 bits per heavy atom. The molecule has 196 valence electrons. The molecule has 0 saturated carbocycles. The lowest BCUT2D eigenvalue weighted by atomic mass is 10.0. The van der Waals surface area contributed by atoms with Gasteiger partial charge < -0.3 is 25.2 Å². The van der Waals surface area contributed by atoms with Gasteiger partial charge in [0, 0.05) is 31.0 Å². The number of carbonyl (C=O) groups is 2. The van der Waals surface area contributed by atoms with Gasteiger partial charge in [-0.1, -0.05) is 23.7 Å². The lowest BCUT2D eigenvalue weighted by Crippen LogP contribution is -2.39. The highest BCUT2D eigenvalue weighted by atomic mass is 35.5. The van der Waals surface area contributed by atoms with Crippen molar-refractivity contribution >= 4 is 46.4 Å². The maximum atomic E-state index is 12.8. The molecule has 3 N–H and O–H groups in total. The fourth-order valence-corrected chi connectivity index (χ4v) is 5.37. The summed E-state index contributed by atoms with van der Waals surface area (Å²) in [6, 6.07) is 9.72. The molecule has 4 rings (SSSR count). The molecule has 1 fully saturated rings. The quantitative estimate of drug-likeness (QED) is 0.323. The Hall–Kier alpha value is -3.51. The first-order valence-corrected chi connectivity index (χ1v) is 12.3. The highest BCUT2D eigenvalue weighted by molar-refractivity contribution is 7.18. The summed E-state index contributed by atoms with van der Waals surface area (Å²) in [4.78, 5) is 28.6. The summed E-state index contributed by atoms with van der Waals surface area (Å²) >= 11 is 7.27. The van der Waals surface area contributed by atoms with E-state index in [1.54, 1.807) is 12.1 Å². The molecular formula is C24H21ClF3N3O5S. The van der Waals surface area contributed by atoms with Crippen LogP contribution in [0.5, 0.6) is 5.75 Å². The van der Waals surface area contributed by atoms with E-state index in [1.165, 1.54) is 6.07 Å². The third-order valence-electron chi connectivity index (χ3n) is 5.73. The number of anilines is 2. The molecule has 0 amide bonds. The van der Waals surface area contributed by atoms with Crippen molar-refractivity contribution in [3.8, 4) is 16.2 Å². The number of hydrogen-bond acceptors (Lipinski definition) is 7. The van der Waals surface area contributed by atoms with Gasteiger partial charge >= 0.3 is 18.1 Å². The van der Waals surface area contributed by atoms with Crippen molar-refractivity contribution in [2.75, 3.05) is 29.9 Å². The minimum atomic E-state index is -4.42. The van der Waals surface area contributed by atoms with Crippen LogP contribution in [-0.2, 0) is 11.0 Å². The van der Waals surface area contributed by atoms with Gasteiger partial charge in [-0.15, -0.1) is 11.3 Å². The van der Waals surface area contributed by atoms with Gasteiger partial charge in [0.1, 0.15) is 10.8 Å². The van der Waals surface area contributed by atoms with E-state index in [-0.39, 0.29) is 21.7 Å².